The molecular weight excluding hydrogens is 154 g/mol. The monoisotopic (exact) mass is 167 g/mol. The van der Waals surface area contributed by atoms with Gasteiger partial charge >= 0.3 is 0 Å². The summed E-state index contributed by atoms with van der Waals surface area (Å²) in [6, 6.07) is 0. The fourth-order valence-corrected chi connectivity index (χ4v) is 2.00. The molecule has 2 N–H and O–H groups in total. The van der Waals surface area contributed by atoms with Crippen LogP contribution in [0.15, 0.2) is 0 Å². The molecule has 0 heterocycles. The Kier molecular flexibility index (Phi) is 4.35. The summed E-state index contributed by atoms with van der Waals surface area (Å²) in [4.78, 5) is 0. The SMILES string of the molecule is CCSCC=S(C)(N)=O. The van der Waals surface area contributed by atoms with E-state index >= 15 is 0 Å². The van der Waals surface area contributed by atoms with Crippen LogP contribution in [-0.2, 0) is 9.71 Å². The van der Waals surface area contributed by atoms with E-state index in [1.807, 2.05) is 0 Å². The molecule has 0 bridgehead atoms. The number of rotatable bonds is 3. The van der Waals surface area contributed by atoms with E-state index in [9.17, 15) is 4.21 Å². The van der Waals surface area contributed by atoms with Crippen LogP contribution in [0.25, 0.3) is 0 Å². The largest absolute Gasteiger partial charge is 0.260 e. The summed E-state index contributed by atoms with van der Waals surface area (Å²) < 4.78 is 10.8. The minimum absolute atomic E-state index is 0.794. The summed E-state index contributed by atoms with van der Waals surface area (Å²) in [5.74, 6) is 1.84. The number of hydrogen-bond acceptors (Lipinski definition) is 2. The van der Waals surface area contributed by atoms with E-state index < -0.39 is 9.71 Å². The van der Waals surface area contributed by atoms with Crippen molar-refractivity contribution in [3.63, 3.8) is 0 Å². The van der Waals surface area contributed by atoms with Crippen LogP contribution in [0.4, 0.5) is 0 Å². The van der Waals surface area contributed by atoms with Crippen molar-refractivity contribution in [1.82, 2.24) is 0 Å². The molecule has 0 saturated heterocycles. The quantitative estimate of drug-likeness (QED) is 0.486. The van der Waals surface area contributed by atoms with Crippen molar-refractivity contribution in [3.8, 4) is 0 Å². The molecular formula is C5H13NOS2. The Bertz CT molecular complexity index is 162. The molecule has 0 aliphatic carbocycles. The van der Waals surface area contributed by atoms with Gasteiger partial charge in [-0.15, -0.1) is 0 Å². The fraction of sp³-hybridized carbons (Fsp3) is 0.800. The van der Waals surface area contributed by atoms with Gasteiger partial charge in [0.2, 0.25) is 0 Å². The van der Waals surface area contributed by atoms with Crippen molar-refractivity contribution in [2.75, 3.05) is 17.8 Å². The molecule has 0 aromatic carbocycles. The lowest BCUT2D eigenvalue weighted by Gasteiger charge is -1.93. The van der Waals surface area contributed by atoms with Gasteiger partial charge in [0.1, 0.15) is 0 Å². The smallest absolute Gasteiger partial charge is 0.0232 e. The molecule has 0 aliphatic rings. The molecule has 0 radical (unpaired) electrons. The second-order valence-corrected chi connectivity index (χ2v) is 5.38. The number of hydrogen-bond donors (Lipinski definition) is 1. The lowest BCUT2D eigenvalue weighted by molar-refractivity contribution is 0.686. The van der Waals surface area contributed by atoms with Gasteiger partial charge in [-0.1, -0.05) is 6.92 Å². The topological polar surface area (TPSA) is 43.1 Å². The van der Waals surface area contributed by atoms with Crippen LogP contribution in [0, 0.1) is 0 Å². The average Bonchev–Trinajstić information content (AvgIpc) is 1.63. The maximum absolute atomic E-state index is 10.8. The van der Waals surface area contributed by atoms with E-state index in [1.54, 1.807) is 23.4 Å². The van der Waals surface area contributed by atoms with Crippen molar-refractivity contribution in [2.45, 2.75) is 6.92 Å². The van der Waals surface area contributed by atoms with Gasteiger partial charge in [0.05, 0.1) is 0 Å². The first-order valence-corrected chi connectivity index (χ1v) is 5.99. The summed E-state index contributed by atoms with van der Waals surface area (Å²) in [6.07, 6.45) is 1.54. The molecule has 2 nitrogen and oxygen atoms in total. The van der Waals surface area contributed by atoms with Gasteiger partial charge in [0, 0.05) is 21.7 Å². The summed E-state index contributed by atoms with van der Waals surface area (Å²) in [5.41, 5.74) is 0. The second kappa shape index (κ2) is 4.19. The van der Waals surface area contributed by atoms with Gasteiger partial charge < -0.3 is 0 Å². The van der Waals surface area contributed by atoms with Crippen LogP contribution in [0.3, 0.4) is 0 Å². The highest BCUT2D eigenvalue weighted by Gasteiger charge is 1.85. The van der Waals surface area contributed by atoms with Crippen LogP contribution >= 0.6 is 11.8 Å². The van der Waals surface area contributed by atoms with Gasteiger partial charge in [-0.3, -0.25) is 9.35 Å². The van der Waals surface area contributed by atoms with Crippen LogP contribution in [-0.4, -0.2) is 27.3 Å². The maximum atomic E-state index is 10.8. The lowest BCUT2D eigenvalue weighted by atomic mass is 11.0. The second-order valence-electron chi connectivity index (χ2n) is 1.79. The molecule has 0 aromatic rings. The highest BCUT2D eigenvalue weighted by Crippen LogP contribution is 1.94. The summed E-state index contributed by atoms with van der Waals surface area (Å²) >= 11 is 1.72. The van der Waals surface area contributed by atoms with Crippen LogP contribution in [0.1, 0.15) is 6.92 Å². The Labute approximate surface area is 61.3 Å². The van der Waals surface area contributed by atoms with E-state index in [2.05, 4.69) is 6.92 Å². The highest BCUT2D eigenvalue weighted by molar-refractivity contribution is 8.03. The van der Waals surface area contributed by atoms with Crippen molar-refractivity contribution in [3.05, 3.63) is 0 Å². The van der Waals surface area contributed by atoms with Crippen LogP contribution < -0.4 is 5.14 Å². The highest BCUT2D eigenvalue weighted by atomic mass is 32.2. The zero-order valence-electron chi connectivity index (χ0n) is 5.79. The minimum atomic E-state index is -2.09. The van der Waals surface area contributed by atoms with Crippen molar-refractivity contribution in [1.29, 1.82) is 0 Å². The van der Waals surface area contributed by atoms with Crippen molar-refractivity contribution >= 4 is 26.8 Å². The third kappa shape index (κ3) is 8.33. The fourth-order valence-electron chi connectivity index (χ4n) is 0.301. The van der Waals surface area contributed by atoms with E-state index in [4.69, 9.17) is 5.14 Å². The Morgan fingerprint density at radius 2 is 2.33 bits per heavy atom. The zero-order chi connectivity index (χ0) is 7.33. The third-order valence-corrected chi connectivity index (χ3v) is 2.57. The van der Waals surface area contributed by atoms with Crippen molar-refractivity contribution < 1.29 is 4.21 Å². The summed E-state index contributed by atoms with van der Waals surface area (Å²) in [6.45, 7) is 2.06. The van der Waals surface area contributed by atoms with Gasteiger partial charge in [-0.05, 0) is 11.1 Å². The molecule has 4 heteroatoms. The Morgan fingerprint density at radius 1 is 1.78 bits per heavy atom. The predicted molar refractivity (Wildman–Crippen MR) is 47.3 cm³/mol. The molecule has 0 amide bonds. The predicted octanol–water partition coefficient (Wildman–Crippen LogP) is 0.330. The molecule has 0 fully saturated rings. The third-order valence-electron chi connectivity index (χ3n) is 0.721. The molecule has 0 spiro atoms. The van der Waals surface area contributed by atoms with E-state index in [0.717, 1.165) is 11.5 Å². The van der Waals surface area contributed by atoms with Crippen LogP contribution in [0.2, 0.25) is 0 Å². The van der Waals surface area contributed by atoms with Gasteiger partial charge in [0.25, 0.3) is 0 Å². The van der Waals surface area contributed by atoms with Gasteiger partial charge in [-0.2, -0.15) is 11.8 Å². The van der Waals surface area contributed by atoms with Gasteiger partial charge in [0.15, 0.2) is 0 Å². The van der Waals surface area contributed by atoms with Gasteiger partial charge in [-0.25, -0.2) is 0 Å². The summed E-state index contributed by atoms with van der Waals surface area (Å²) in [5, 5.41) is 6.90. The van der Waals surface area contributed by atoms with Crippen molar-refractivity contribution in [2.24, 2.45) is 5.14 Å². The maximum Gasteiger partial charge on any atom is 0.0232 e. The first-order chi connectivity index (χ1) is 4.06. The van der Waals surface area contributed by atoms with E-state index in [-0.39, 0.29) is 0 Å². The molecule has 56 valence electrons. The summed E-state index contributed by atoms with van der Waals surface area (Å²) in [7, 11) is -2.09. The molecule has 0 aliphatic heterocycles. The molecule has 1 atom stereocenters. The normalized spacial score (nSPS) is 16.8. The van der Waals surface area contributed by atoms with E-state index in [0.29, 0.717) is 0 Å². The Morgan fingerprint density at radius 3 is 2.67 bits per heavy atom. The zero-order valence-corrected chi connectivity index (χ0v) is 7.43. The number of nitrogens with two attached hydrogens (primary N) is 1. The average molecular weight is 167 g/mol. The molecule has 9 heavy (non-hydrogen) atoms. The molecule has 0 rings (SSSR count). The Balaban J connectivity index is 3.59. The molecule has 0 aromatic heterocycles. The lowest BCUT2D eigenvalue weighted by Crippen LogP contribution is -2.13. The Hall–Kier alpha value is 0.330. The van der Waals surface area contributed by atoms with E-state index in [1.165, 1.54) is 0 Å². The van der Waals surface area contributed by atoms with Crippen LogP contribution in [0.5, 0.6) is 0 Å². The first kappa shape index (κ1) is 9.33. The number of thioether (sulfide) groups is 1. The molecule has 1 unspecified atom stereocenters. The first-order valence-electron chi connectivity index (χ1n) is 2.74. The standard InChI is InChI=1S/C5H13NOS2/c1-3-8-4-5-9(2,6)7/h5H,3-4H2,1-2H3,(H2,6,7). The molecule has 0 saturated carbocycles. The minimum Gasteiger partial charge on any atom is -0.260 e.